The van der Waals surface area contributed by atoms with E-state index >= 15 is 0 Å². The Kier molecular flexibility index (Phi) is 8.53. The third kappa shape index (κ3) is 6.00. The van der Waals surface area contributed by atoms with E-state index in [0.29, 0.717) is 0 Å². The smallest absolute Gasteiger partial charge is 0.0465 e. The first-order valence-electron chi connectivity index (χ1n) is 18.6. The molecule has 3 nitrogen and oxygen atoms in total. The third-order valence-corrected chi connectivity index (χ3v) is 10.6. The Bertz CT molecular complexity index is 2290. The van der Waals surface area contributed by atoms with E-state index in [1.165, 1.54) is 22.3 Å². The maximum Gasteiger partial charge on any atom is 0.0465 e. The lowest BCUT2D eigenvalue weighted by Crippen LogP contribution is -2.17. The summed E-state index contributed by atoms with van der Waals surface area (Å²) < 4.78 is 0. The molecule has 0 heterocycles. The van der Waals surface area contributed by atoms with Crippen molar-refractivity contribution in [1.29, 1.82) is 0 Å². The Morgan fingerprint density at radius 1 is 0.259 bits per heavy atom. The molecule has 0 atom stereocenters. The summed E-state index contributed by atoms with van der Waals surface area (Å²) in [5, 5.41) is 0. The molecule has 8 aromatic rings. The van der Waals surface area contributed by atoms with Crippen LogP contribution < -0.4 is 14.7 Å². The van der Waals surface area contributed by atoms with Crippen LogP contribution in [0.4, 0.5) is 51.2 Å². The number of anilines is 9. The van der Waals surface area contributed by atoms with Gasteiger partial charge in [0.15, 0.2) is 0 Å². The molecular formula is C51H41N3. The monoisotopic (exact) mass is 695 g/mol. The van der Waals surface area contributed by atoms with Crippen LogP contribution in [0, 0.1) is 0 Å². The van der Waals surface area contributed by atoms with Gasteiger partial charge in [-0.3, -0.25) is 0 Å². The van der Waals surface area contributed by atoms with Crippen molar-refractivity contribution >= 4 is 51.2 Å². The van der Waals surface area contributed by atoms with Crippen LogP contribution in [-0.2, 0) is 5.41 Å². The van der Waals surface area contributed by atoms with E-state index in [2.05, 4.69) is 241 Å². The van der Waals surface area contributed by atoms with E-state index in [1.54, 1.807) is 0 Å². The highest BCUT2D eigenvalue weighted by Crippen LogP contribution is 2.51. The van der Waals surface area contributed by atoms with E-state index in [0.717, 1.165) is 51.2 Å². The number of hydrogen-bond donors (Lipinski definition) is 0. The molecular weight excluding hydrogens is 655 g/mol. The van der Waals surface area contributed by atoms with Gasteiger partial charge in [-0.2, -0.15) is 0 Å². The van der Waals surface area contributed by atoms with Crippen LogP contribution in [0.15, 0.2) is 212 Å². The molecule has 0 saturated carbocycles. The quantitative estimate of drug-likeness (QED) is 0.149. The molecule has 0 aliphatic heterocycles. The molecule has 0 saturated heterocycles. The lowest BCUT2D eigenvalue weighted by Gasteiger charge is -2.30. The minimum absolute atomic E-state index is 0.112. The molecule has 0 fully saturated rings. The van der Waals surface area contributed by atoms with Gasteiger partial charge in [0.1, 0.15) is 0 Å². The van der Waals surface area contributed by atoms with Gasteiger partial charge in [-0.05, 0) is 131 Å². The van der Waals surface area contributed by atoms with Gasteiger partial charge in [0.25, 0.3) is 0 Å². The molecule has 0 amide bonds. The number of benzene rings is 8. The van der Waals surface area contributed by atoms with Crippen molar-refractivity contribution in [2.24, 2.45) is 0 Å². The first kappa shape index (κ1) is 33.0. The van der Waals surface area contributed by atoms with Crippen LogP contribution in [0.5, 0.6) is 0 Å². The van der Waals surface area contributed by atoms with E-state index in [1.807, 2.05) is 0 Å². The summed E-state index contributed by atoms with van der Waals surface area (Å²) in [5.74, 6) is 0. The van der Waals surface area contributed by atoms with Gasteiger partial charge in [0, 0.05) is 56.6 Å². The van der Waals surface area contributed by atoms with Gasteiger partial charge >= 0.3 is 0 Å². The van der Waals surface area contributed by atoms with Gasteiger partial charge < -0.3 is 14.7 Å². The Labute approximate surface area is 318 Å². The van der Waals surface area contributed by atoms with Gasteiger partial charge in [-0.15, -0.1) is 0 Å². The summed E-state index contributed by atoms with van der Waals surface area (Å²) in [5.41, 5.74) is 15.2. The Balaban J connectivity index is 1.16. The molecule has 0 aromatic heterocycles. The van der Waals surface area contributed by atoms with Crippen LogP contribution in [0.3, 0.4) is 0 Å². The zero-order valence-electron chi connectivity index (χ0n) is 30.5. The fourth-order valence-electron chi connectivity index (χ4n) is 7.98. The average Bonchev–Trinajstić information content (AvgIpc) is 3.46. The molecule has 0 unspecified atom stereocenters. The predicted molar refractivity (Wildman–Crippen MR) is 228 cm³/mol. The van der Waals surface area contributed by atoms with Crippen LogP contribution in [0.2, 0.25) is 0 Å². The van der Waals surface area contributed by atoms with Crippen molar-refractivity contribution in [3.8, 4) is 11.1 Å². The molecule has 1 aliphatic rings. The van der Waals surface area contributed by atoms with E-state index in [4.69, 9.17) is 0 Å². The van der Waals surface area contributed by atoms with Crippen LogP contribution in [0.25, 0.3) is 11.1 Å². The fraction of sp³-hybridized carbons (Fsp3) is 0.0588. The predicted octanol–water partition coefficient (Wildman–Crippen LogP) is 14.4. The van der Waals surface area contributed by atoms with Gasteiger partial charge in [0.05, 0.1) is 0 Å². The van der Waals surface area contributed by atoms with Crippen molar-refractivity contribution in [1.82, 2.24) is 0 Å². The summed E-state index contributed by atoms with van der Waals surface area (Å²) in [6.07, 6.45) is 0. The summed E-state index contributed by atoms with van der Waals surface area (Å²) >= 11 is 0. The Morgan fingerprint density at radius 3 is 0.926 bits per heavy atom. The summed E-state index contributed by atoms with van der Waals surface area (Å²) in [6, 6.07) is 76.0. The second kappa shape index (κ2) is 13.9. The standard InChI is InChI=1S/C51H41N3/c1-51(2)49-26-16-15-25-47(49)48-36-35-46(37-50(48)51)54(44-31-27-42(28-32-44)52(38-17-7-3-8-18-38)39-19-9-4-10-20-39)45-33-29-43(30-34-45)53(40-21-11-5-12-22-40)41-23-13-6-14-24-41/h3-37H,1-2H3. The largest absolute Gasteiger partial charge is 0.311 e. The fourth-order valence-corrected chi connectivity index (χ4v) is 7.98. The van der Waals surface area contributed by atoms with Gasteiger partial charge in [0.2, 0.25) is 0 Å². The minimum Gasteiger partial charge on any atom is -0.311 e. The topological polar surface area (TPSA) is 9.72 Å². The van der Waals surface area contributed by atoms with Crippen molar-refractivity contribution < 1.29 is 0 Å². The molecule has 54 heavy (non-hydrogen) atoms. The highest BCUT2D eigenvalue weighted by atomic mass is 15.2. The molecule has 0 N–H and O–H groups in total. The lowest BCUT2D eigenvalue weighted by atomic mass is 9.82. The highest BCUT2D eigenvalue weighted by molar-refractivity contribution is 5.87. The number of rotatable bonds is 9. The van der Waals surface area contributed by atoms with E-state index < -0.39 is 0 Å². The van der Waals surface area contributed by atoms with Crippen LogP contribution in [0.1, 0.15) is 25.0 Å². The highest BCUT2D eigenvalue weighted by Gasteiger charge is 2.35. The summed E-state index contributed by atoms with van der Waals surface area (Å²) in [6.45, 7) is 4.69. The molecule has 0 spiro atoms. The van der Waals surface area contributed by atoms with Crippen LogP contribution in [-0.4, -0.2) is 0 Å². The maximum atomic E-state index is 2.40. The number of nitrogens with zero attached hydrogens (tertiary/aromatic N) is 3. The number of para-hydroxylation sites is 4. The van der Waals surface area contributed by atoms with Crippen molar-refractivity contribution in [2.45, 2.75) is 19.3 Å². The Hall–Kier alpha value is -6.84. The normalized spacial score (nSPS) is 12.4. The zero-order valence-corrected chi connectivity index (χ0v) is 30.5. The molecule has 1 aliphatic carbocycles. The molecule has 0 bridgehead atoms. The lowest BCUT2D eigenvalue weighted by molar-refractivity contribution is 0.660. The average molecular weight is 696 g/mol. The second-order valence-electron chi connectivity index (χ2n) is 14.3. The van der Waals surface area contributed by atoms with Crippen molar-refractivity contribution in [3.05, 3.63) is 223 Å². The van der Waals surface area contributed by atoms with Crippen LogP contribution >= 0.6 is 0 Å². The van der Waals surface area contributed by atoms with Gasteiger partial charge in [-0.25, -0.2) is 0 Å². The maximum absolute atomic E-state index is 2.40. The molecule has 0 radical (unpaired) electrons. The molecule has 260 valence electrons. The first-order chi connectivity index (χ1) is 26.6. The Morgan fingerprint density at radius 2 is 0.537 bits per heavy atom. The zero-order chi connectivity index (χ0) is 36.5. The molecule has 3 heteroatoms. The van der Waals surface area contributed by atoms with E-state index in [9.17, 15) is 0 Å². The SMILES string of the molecule is CC1(C)c2ccccc2-c2ccc(N(c3ccc(N(c4ccccc4)c4ccccc4)cc3)c3ccc(N(c4ccccc4)c4ccccc4)cc3)cc21. The van der Waals surface area contributed by atoms with Gasteiger partial charge in [-0.1, -0.05) is 117 Å². The number of hydrogen-bond acceptors (Lipinski definition) is 3. The van der Waals surface area contributed by atoms with E-state index in [-0.39, 0.29) is 5.41 Å². The minimum atomic E-state index is -0.112. The molecule has 8 aromatic carbocycles. The summed E-state index contributed by atoms with van der Waals surface area (Å²) in [7, 11) is 0. The van der Waals surface area contributed by atoms with Crippen molar-refractivity contribution in [2.75, 3.05) is 14.7 Å². The second-order valence-corrected chi connectivity index (χ2v) is 14.3. The summed E-state index contributed by atoms with van der Waals surface area (Å²) in [4.78, 5) is 7.00. The number of fused-ring (bicyclic) bond motifs is 3. The molecule has 9 rings (SSSR count). The van der Waals surface area contributed by atoms with Crippen molar-refractivity contribution in [3.63, 3.8) is 0 Å². The third-order valence-electron chi connectivity index (χ3n) is 10.6. The first-order valence-corrected chi connectivity index (χ1v) is 18.6.